The van der Waals surface area contributed by atoms with Crippen LogP contribution < -0.4 is 9.80 Å². The maximum absolute atomic E-state index is 13.9. The molecule has 10 heteroatoms. The van der Waals surface area contributed by atoms with Crippen LogP contribution in [0.5, 0.6) is 0 Å². The van der Waals surface area contributed by atoms with Crippen molar-refractivity contribution in [2.75, 3.05) is 35.7 Å². The zero-order chi connectivity index (χ0) is 24.1. The average Bonchev–Trinajstić information content (AvgIpc) is 3.46. The minimum Gasteiger partial charge on any atom is -0.341 e. The van der Waals surface area contributed by atoms with Gasteiger partial charge in [-0.2, -0.15) is 4.98 Å². The molecule has 0 N–H and O–H groups in total. The van der Waals surface area contributed by atoms with Crippen molar-refractivity contribution in [2.24, 2.45) is 0 Å². The first-order chi connectivity index (χ1) is 17.0. The Hall–Kier alpha value is -2.62. The number of piperidine rings is 1. The van der Waals surface area contributed by atoms with E-state index in [0.717, 1.165) is 46.8 Å². The molecular weight excluding hydrogens is 505 g/mol. The first-order valence-electron chi connectivity index (χ1n) is 11.6. The van der Waals surface area contributed by atoms with Gasteiger partial charge < -0.3 is 9.80 Å². The third kappa shape index (κ3) is 4.30. The van der Waals surface area contributed by atoms with Gasteiger partial charge in [0.25, 0.3) is 0 Å². The van der Waals surface area contributed by atoms with Crippen LogP contribution in [0.2, 0.25) is 5.02 Å². The van der Waals surface area contributed by atoms with Crippen molar-refractivity contribution in [2.45, 2.75) is 30.1 Å². The number of fused-ring (bicyclic) bond motifs is 2. The Bertz CT molecular complexity index is 1450. The van der Waals surface area contributed by atoms with Crippen LogP contribution in [0, 0.1) is 5.82 Å². The van der Waals surface area contributed by atoms with Crippen molar-refractivity contribution in [1.29, 1.82) is 0 Å². The van der Waals surface area contributed by atoms with Gasteiger partial charge in [0, 0.05) is 48.9 Å². The summed E-state index contributed by atoms with van der Waals surface area (Å²) in [7, 11) is 0.678. The summed E-state index contributed by atoms with van der Waals surface area (Å²) in [4.78, 5) is 19.2. The summed E-state index contributed by atoms with van der Waals surface area (Å²) < 4.78 is 27.8. The maximum Gasteiger partial charge on any atom is 0.227 e. The van der Waals surface area contributed by atoms with Crippen LogP contribution in [0.1, 0.15) is 29.5 Å². The fraction of sp³-hybridized carbons (Fsp3) is 0.320. The van der Waals surface area contributed by atoms with Crippen LogP contribution in [-0.4, -0.2) is 45.1 Å². The number of aryl methyl sites for hydroxylation is 1. The first-order valence-corrected chi connectivity index (χ1v) is 14.1. The van der Waals surface area contributed by atoms with Crippen molar-refractivity contribution >= 4 is 61.4 Å². The van der Waals surface area contributed by atoms with E-state index in [1.807, 2.05) is 36.2 Å². The maximum atomic E-state index is 13.9. The van der Waals surface area contributed by atoms with Gasteiger partial charge in [-0.1, -0.05) is 17.7 Å². The summed E-state index contributed by atoms with van der Waals surface area (Å²) in [5, 5.41) is 1.86. The van der Waals surface area contributed by atoms with E-state index >= 15 is 0 Å². The highest BCUT2D eigenvalue weighted by Gasteiger charge is 2.31. The number of nitrogens with zero attached hydrogens (tertiary/aromatic N) is 5. The number of hydrogen-bond donors (Lipinski definition) is 0. The molecule has 6 nitrogen and oxygen atoms in total. The van der Waals surface area contributed by atoms with Gasteiger partial charge in [0.15, 0.2) is 5.82 Å². The lowest BCUT2D eigenvalue weighted by atomic mass is 9.98. The van der Waals surface area contributed by atoms with E-state index in [0.29, 0.717) is 45.5 Å². The quantitative estimate of drug-likeness (QED) is 0.339. The van der Waals surface area contributed by atoms with E-state index in [1.165, 1.54) is 12.1 Å². The number of anilines is 3. The van der Waals surface area contributed by atoms with E-state index in [-0.39, 0.29) is 5.82 Å². The van der Waals surface area contributed by atoms with E-state index in [2.05, 4.69) is 4.90 Å². The second-order valence-corrected chi connectivity index (χ2v) is 11.9. The third-order valence-corrected chi connectivity index (χ3v) is 9.55. The molecule has 2 aliphatic rings. The fourth-order valence-corrected chi connectivity index (χ4v) is 7.42. The summed E-state index contributed by atoms with van der Waals surface area (Å²) in [5.41, 5.74) is 2.45. The molecule has 2 aromatic heterocycles. The molecular formula is C25H23ClFN5OS2. The van der Waals surface area contributed by atoms with Gasteiger partial charge in [0.2, 0.25) is 5.95 Å². The second kappa shape index (κ2) is 9.11. The lowest BCUT2D eigenvalue weighted by Crippen LogP contribution is -2.34. The largest absolute Gasteiger partial charge is 0.341 e. The third-order valence-electron chi connectivity index (χ3n) is 6.66. The number of halogens is 2. The summed E-state index contributed by atoms with van der Waals surface area (Å²) >= 11 is 7.88. The standard InChI is InChI=1S/C25H23ClFN5OS2/c1-31(18-4-2-3-17(27)14-18)23-22-19(9-12-35(22)33)29-25(30-23)32-10-7-15(8-11-32)24-28-20-13-16(26)5-6-21(20)34-24/h2-6,13-15H,7-12H2,1H3. The van der Waals surface area contributed by atoms with Crippen LogP contribution in [0.4, 0.5) is 21.8 Å². The molecule has 0 saturated carbocycles. The number of thiazole rings is 1. The van der Waals surface area contributed by atoms with Gasteiger partial charge in [0.1, 0.15) is 10.7 Å². The van der Waals surface area contributed by atoms with Gasteiger partial charge in [-0.25, -0.2) is 14.4 Å². The summed E-state index contributed by atoms with van der Waals surface area (Å²) in [6, 6.07) is 12.2. The molecule has 1 saturated heterocycles. The number of rotatable bonds is 4. The van der Waals surface area contributed by atoms with Crippen LogP contribution in [-0.2, 0) is 17.2 Å². The molecule has 0 aliphatic carbocycles. The molecule has 6 rings (SSSR count). The molecule has 0 amide bonds. The van der Waals surface area contributed by atoms with Gasteiger partial charge in [-0.05, 0) is 49.2 Å². The molecule has 180 valence electrons. The van der Waals surface area contributed by atoms with Crippen LogP contribution in [0.25, 0.3) is 10.2 Å². The zero-order valence-corrected chi connectivity index (χ0v) is 21.5. The Morgan fingerprint density at radius 2 is 1.97 bits per heavy atom. The monoisotopic (exact) mass is 527 g/mol. The average molecular weight is 528 g/mol. The van der Waals surface area contributed by atoms with Crippen molar-refractivity contribution in [3.05, 3.63) is 64.0 Å². The van der Waals surface area contributed by atoms with E-state index in [1.54, 1.807) is 17.4 Å². The van der Waals surface area contributed by atoms with E-state index < -0.39 is 10.8 Å². The molecule has 0 radical (unpaired) electrons. The van der Waals surface area contributed by atoms with Gasteiger partial charge in [-0.15, -0.1) is 11.3 Å². The van der Waals surface area contributed by atoms with E-state index in [4.69, 9.17) is 26.6 Å². The van der Waals surface area contributed by atoms with Crippen LogP contribution >= 0.6 is 22.9 Å². The predicted octanol–water partition coefficient (Wildman–Crippen LogP) is 5.69. The lowest BCUT2D eigenvalue weighted by molar-refractivity contribution is 0.497. The Kier molecular flexibility index (Phi) is 5.94. The molecule has 1 fully saturated rings. The molecule has 35 heavy (non-hydrogen) atoms. The smallest absolute Gasteiger partial charge is 0.227 e. The van der Waals surface area contributed by atoms with Gasteiger partial charge >= 0.3 is 0 Å². The highest BCUT2D eigenvalue weighted by atomic mass is 35.5. The van der Waals surface area contributed by atoms with Crippen molar-refractivity contribution in [3.8, 4) is 0 Å². The molecule has 4 heterocycles. The normalized spacial score (nSPS) is 18.3. The molecule has 1 atom stereocenters. The summed E-state index contributed by atoms with van der Waals surface area (Å²) in [6.07, 6.45) is 2.57. The lowest BCUT2D eigenvalue weighted by Gasteiger charge is -2.32. The highest BCUT2D eigenvalue weighted by molar-refractivity contribution is 7.85. The minimum absolute atomic E-state index is 0.319. The zero-order valence-electron chi connectivity index (χ0n) is 19.1. The topological polar surface area (TPSA) is 62.2 Å². The number of hydrogen-bond acceptors (Lipinski definition) is 7. The SMILES string of the molecule is CN(c1cccc(F)c1)c1nc(N2CCC(c3nc4cc(Cl)ccc4s3)CC2)nc2c1S(=O)CC2. The number of aromatic nitrogens is 3. The summed E-state index contributed by atoms with van der Waals surface area (Å²) in [6.45, 7) is 1.62. The Balaban J connectivity index is 1.27. The molecule has 4 aromatic rings. The Labute approximate surface area is 214 Å². The van der Waals surface area contributed by atoms with Gasteiger partial charge in [-0.3, -0.25) is 4.21 Å². The van der Waals surface area contributed by atoms with Crippen molar-refractivity contribution in [1.82, 2.24) is 15.0 Å². The summed E-state index contributed by atoms with van der Waals surface area (Å²) in [5.74, 6) is 1.85. The van der Waals surface area contributed by atoms with Crippen molar-refractivity contribution < 1.29 is 8.60 Å². The molecule has 2 aliphatic heterocycles. The fourth-order valence-electron chi connectivity index (χ4n) is 4.76. The predicted molar refractivity (Wildman–Crippen MR) is 140 cm³/mol. The highest BCUT2D eigenvalue weighted by Crippen LogP contribution is 2.38. The van der Waals surface area contributed by atoms with Gasteiger partial charge in [0.05, 0.1) is 31.7 Å². The molecule has 0 spiro atoms. The Morgan fingerprint density at radius 3 is 2.77 bits per heavy atom. The second-order valence-electron chi connectivity index (χ2n) is 8.89. The van der Waals surface area contributed by atoms with Crippen LogP contribution in [0.15, 0.2) is 47.4 Å². The van der Waals surface area contributed by atoms with Crippen molar-refractivity contribution in [3.63, 3.8) is 0 Å². The first kappa shape index (κ1) is 22.8. The molecule has 2 aromatic carbocycles. The molecule has 0 bridgehead atoms. The minimum atomic E-state index is -1.16. The Morgan fingerprint density at radius 1 is 1.14 bits per heavy atom. The molecule has 1 unspecified atom stereocenters. The number of benzene rings is 2. The van der Waals surface area contributed by atoms with Crippen LogP contribution in [0.3, 0.4) is 0 Å². The van der Waals surface area contributed by atoms with E-state index in [9.17, 15) is 8.60 Å².